The highest BCUT2D eigenvalue weighted by molar-refractivity contribution is 6.14. The van der Waals surface area contributed by atoms with E-state index in [0.717, 1.165) is 5.56 Å². The SMILES string of the molecule is C#CCOc1ccc(/C=C2/COc3ccc(OC)cc3C2=O)cc1OCC. The maximum atomic E-state index is 12.8. The predicted molar refractivity (Wildman–Crippen MR) is 103 cm³/mol. The lowest BCUT2D eigenvalue weighted by atomic mass is 9.98. The zero-order valence-corrected chi connectivity index (χ0v) is 15.3. The summed E-state index contributed by atoms with van der Waals surface area (Å²) in [7, 11) is 1.56. The van der Waals surface area contributed by atoms with Gasteiger partial charge in [-0.05, 0) is 48.9 Å². The molecule has 0 fully saturated rings. The smallest absolute Gasteiger partial charge is 0.196 e. The molecule has 3 rings (SSSR count). The number of rotatable bonds is 6. The van der Waals surface area contributed by atoms with Crippen molar-refractivity contribution in [2.75, 3.05) is 26.9 Å². The van der Waals surface area contributed by atoms with Crippen molar-refractivity contribution in [3.8, 4) is 35.3 Å². The highest BCUT2D eigenvalue weighted by atomic mass is 16.5. The third-order valence-electron chi connectivity index (χ3n) is 4.03. The molecule has 5 heteroatoms. The number of Topliss-reactive ketones (excluding diaryl/α,β-unsaturated/α-hetero) is 1. The summed E-state index contributed by atoms with van der Waals surface area (Å²) in [6, 6.07) is 10.6. The van der Waals surface area contributed by atoms with Crippen molar-refractivity contribution in [3.05, 3.63) is 53.1 Å². The summed E-state index contributed by atoms with van der Waals surface area (Å²) >= 11 is 0. The van der Waals surface area contributed by atoms with Crippen LogP contribution in [0.25, 0.3) is 6.08 Å². The molecule has 0 radical (unpaired) electrons. The van der Waals surface area contributed by atoms with E-state index >= 15 is 0 Å². The van der Waals surface area contributed by atoms with Crippen molar-refractivity contribution in [1.82, 2.24) is 0 Å². The molecule has 0 spiro atoms. The van der Waals surface area contributed by atoms with E-state index in [1.165, 1.54) is 0 Å². The van der Waals surface area contributed by atoms with Gasteiger partial charge in [0.1, 0.15) is 24.7 Å². The van der Waals surface area contributed by atoms with Crippen LogP contribution in [0, 0.1) is 12.3 Å². The Bertz CT molecular complexity index is 921. The van der Waals surface area contributed by atoms with Gasteiger partial charge in [0.25, 0.3) is 0 Å². The quantitative estimate of drug-likeness (QED) is 0.577. The van der Waals surface area contributed by atoms with Crippen LogP contribution < -0.4 is 18.9 Å². The summed E-state index contributed by atoms with van der Waals surface area (Å²) in [4.78, 5) is 12.8. The highest BCUT2D eigenvalue weighted by Crippen LogP contribution is 2.33. The standard InChI is InChI=1S/C22H20O5/c1-4-10-26-20-8-6-15(12-21(20)25-5-2)11-16-14-27-19-9-7-17(24-3)13-18(19)22(16)23/h1,6-9,11-13H,5,10,14H2,2-3H3/b16-11-. The van der Waals surface area contributed by atoms with Gasteiger partial charge in [-0.3, -0.25) is 4.79 Å². The van der Waals surface area contributed by atoms with Crippen molar-refractivity contribution in [2.45, 2.75) is 6.92 Å². The fourth-order valence-electron chi connectivity index (χ4n) is 2.76. The van der Waals surface area contributed by atoms with Crippen molar-refractivity contribution in [3.63, 3.8) is 0 Å². The molecule has 2 aromatic carbocycles. The van der Waals surface area contributed by atoms with Gasteiger partial charge in [0.15, 0.2) is 17.3 Å². The van der Waals surface area contributed by atoms with E-state index in [2.05, 4.69) is 5.92 Å². The Balaban J connectivity index is 1.91. The molecule has 0 saturated heterocycles. The number of terminal acetylenes is 1. The number of ether oxygens (including phenoxy) is 4. The van der Waals surface area contributed by atoms with Crippen LogP contribution in [-0.4, -0.2) is 32.7 Å². The molecule has 1 aliphatic heterocycles. The lowest BCUT2D eigenvalue weighted by molar-refractivity contribution is 0.100. The first-order valence-electron chi connectivity index (χ1n) is 8.55. The molecule has 27 heavy (non-hydrogen) atoms. The highest BCUT2D eigenvalue weighted by Gasteiger charge is 2.24. The molecule has 138 valence electrons. The maximum absolute atomic E-state index is 12.8. The van der Waals surface area contributed by atoms with Crippen LogP contribution in [0.4, 0.5) is 0 Å². The Morgan fingerprint density at radius 2 is 2.04 bits per heavy atom. The van der Waals surface area contributed by atoms with Crippen molar-refractivity contribution in [1.29, 1.82) is 0 Å². The van der Waals surface area contributed by atoms with Crippen LogP contribution >= 0.6 is 0 Å². The van der Waals surface area contributed by atoms with E-state index in [1.54, 1.807) is 37.5 Å². The number of carbonyl (C=O) groups excluding carboxylic acids is 1. The fraction of sp³-hybridized carbons (Fsp3) is 0.227. The lowest BCUT2D eigenvalue weighted by Gasteiger charge is -2.19. The average Bonchev–Trinajstić information content (AvgIpc) is 2.69. The molecule has 1 heterocycles. The lowest BCUT2D eigenvalue weighted by Crippen LogP contribution is -2.19. The molecule has 2 aromatic rings. The fourth-order valence-corrected chi connectivity index (χ4v) is 2.76. The van der Waals surface area contributed by atoms with Crippen molar-refractivity contribution >= 4 is 11.9 Å². The van der Waals surface area contributed by atoms with Crippen LogP contribution in [-0.2, 0) is 0 Å². The van der Waals surface area contributed by atoms with E-state index < -0.39 is 0 Å². The van der Waals surface area contributed by atoms with Crippen molar-refractivity contribution < 1.29 is 23.7 Å². The monoisotopic (exact) mass is 364 g/mol. The molecule has 5 nitrogen and oxygen atoms in total. The number of ketones is 1. The van der Waals surface area contributed by atoms with Gasteiger partial charge >= 0.3 is 0 Å². The van der Waals surface area contributed by atoms with Gasteiger partial charge in [0, 0.05) is 5.57 Å². The number of methoxy groups -OCH3 is 1. The molecule has 0 unspecified atom stereocenters. The third-order valence-corrected chi connectivity index (χ3v) is 4.03. The number of hydrogen-bond acceptors (Lipinski definition) is 5. The van der Waals surface area contributed by atoms with E-state index in [0.29, 0.717) is 40.7 Å². The first-order chi connectivity index (χ1) is 13.2. The van der Waals surface area contributed by atoms with Gasteiger partial charge in [-0.25, -0.2) is 0 Å². The van der Waals surface area contributed by atoms with Crippen LogP contribution in [0.15, 0.2) is 42.0 Å². The molecular formula is C22H20O5. The maximum Gasteiger partial charge on any atom is 0.196 e. The summed E-state index contributed by atoms with van der Waals surface area (Å²) in [5, 5.41) is 0. The Kier molecular flexibility index (Phi) is 5.68. The first-order valence-corrected chi connectivity index (χ1v) is 8.55. The van der Waals surface area contributed by atoms with Gasteiger partial charge in [-0.15, -0.1) is 6.42 Å². The van der Waals surface area contributed by atoms with Gasteiger partial charge in [-0.1, -0.05) is 12.0 Å². The number of carbonyl (C=O) groups is 1. The minimum absolute atomic E-state index is 0.0826. The van der Waals surface area contributed by atoms with E-state index in [1.807, 2.05) is 19.1 Å². The molecule has 0 saturated carbocycles. The van der Waals surface area contributed by atoms with Gasteiger partial charge in [0.2, 0.25) is 0 Å². The van der Waals surface area contributed by atoms with E-state index in [9.17, 15) is 4.79 Å². The Morgan fingerprint density at radius 1 is 1.19 bits per heavy atom. The van der Waals surface area contributed by atoms with Gasteiger partial charge in [0.05, 0.1) is 19.3 Å². The first kappa shape index (κ1) is 18.4. The number of benzene rings is 2. The molecule has 0 amide bonds. The number of hydrogen-bond donors (Lipinski definition) is 0. The summed E-state index contributed by atoms with van der Waals surface area (Å²) in [6.45, 7) is 2.74. The average molecular weight is 364 g/mol. The van der Waals surface area contributed by atoms with E-state index in [-0.39, 0.29) is 19.0 Å². The number of fused-ring (bicyclic) bond motifs is 1. The Labute approximate surface area is 158 Å². The van der Waals surface area contributed by atoms with Crippen LogP contribution in [0.2, 0.25) is 0 Å². The third kappa shape index (κ3) is 4.06. The molecule has 0 atom stereocenters. The minimum atomic E-state index is -0.0826. The summed E-state index contributed by atoms with van der Waals surface area (Å²) in [6.07, 6.45) is 7.03. The molecule has 0 aliphatic carbocycles. The second-order valence-electron chi connectivity index (χ2n) is 5.78. The normalized spacial score (nSPS) is 14.1. The zero-order chi connectivity index (χ0) is 19.2. The Hall–Kier alpha value is -3.39. The topological polar surface area (TPSA) is 54.0 Å². The zero-order valence-electron chi connectivity index (χ0n) is 15.3. The van der Waals surface area contributed by atoms with Gasteiger partial charge < -0.3 is 18.9 Å². The van der Waals surface area contributed by atoms with Crippen LogP contribution in [0.3, 0.4) is 0 Å². The van der Waals surface area contributed by atoms with Crippen LogP contribution in [0.5, 0.6) is 23.0 Å². The predicted octanol–water partition coefficient (Wildman–Crippen LogP) is 3.76. The molecule has 0 bridgehead atoms. The van der Waals surface area contributed by atoms with Crippen LogP contribution in [0.1, 0.15) is 22.8 Å². The summed E-state index contributed by atoms with van der Waals surface area (Å²) in [5.41, 5.74) is 1.85. The second kappa shape index (κ2) is 8.33. The molecule has 0 aromatic heterocycles. The summed E-state index contributed by atoms with van der Waals surface area (Å²) < 4.78 is 22.0. The Morgan fingerprint density at radius 3 is 2.78 bits per heavy atom. The molecular weight excluding hydrogens is 344 g/mol. The largest absolute Gasteiger partial charge is 0.497 e. The molecule has 1 aliphatic rings. The second-order valence-corrected chi connectivity index (χ2v) is 5.78. The summed E-state index contributed by atoms with van der Waals surface area (Å²) in [5.74, 6) is 4.66. The van der Waals surface area contributed by atoms with Gasteiger partial charge in [-0.2, -0.15) is 0 Å². The van der Waals surface area contributed by atoms with E-state index in [4.69, 9.17) is 25.4 Å². The molecule has 0 N–H and O–H groups in total. The van der Waals surface area contributed by atoms with Crippen molar-refractivity contribution in [2.24, 2.45) is 0 Å². The minimum Gasteiger partial charge on any atom is -0.497 e.